The fourth-order valence-corrected chi connectivity index (χ4v) is 1.47. The van der Waals surface area contributed by atoms with Crippen LogP contribution in [0.5, 0.6) is 0 Å². The molecule has 0 bridgehead atoms. The molecule has 1 amide bonds. The number of nitrogens with one attached hydrogen (secondary N) is 1. The first-order chi connectivity index (χ1) is 8.28. The van der Waals surface area contributed by atoms with Crippen LogP contribution in [0, 0.1) is 12.7 Å². The monoisotopic (exact) mass is 252 g/mol. The van der Waals surface area contributed by atoms with Crippen LogP contribution >= 0.6 is 0 Å². The smallest absolute Gasteiger partial charge is 0.220 e. The first-order valence-corrected chi connectivity index (χ1v) is 6.08. The normalized spacial score (nSPS) is 11.4. The minimum atomic E-state index is -0.340. The summed E-state index contributed by atoms with van der Waals surface area (Å²) in [5.41, 5.74) is 6.83. The summed E-state index contributed by atoms with van der Waals surface area (Å²) >= 11 is 0. The van der Waals surface area contributed by atoms with Crippen molar-refractivity contribution in [3.8, 4) is 0 Å². The molecule has 0 atom stereocenters. The Morgan fingerprint density at radius 2 is 2.11 bits per heavy atom. The average Bonchev–Trinajstić information content (AvgIpc) is 2.27. The summed E-state index contributed by atoms with van der Waals surface area (Å²) in [6.45, 7) is 5.83. The molecular weight excluding hydrogens is 231 g/mol. The number of hydrogen-bond acceptors (Lipinski definition) is 2. The number of carbonyl (C=O) groups excluding carboxylic acids is 1. The number of nitrogens with two attached hydrogens (primary N) is 1. The van der Waals surface area contributed by atoms with Crippen LogP contribution in [-0.4, -0.2) is 11.4 Å². The van der Waals surface area contributed by atoms with Crippen molar-refractivity contribution in [2.24, 2.45) is 5.73 Å². The van der Waals surface area contributed by atoms with E-state index in [1.165, 1.54) is 6.07 Å². The summed E-state index contributed by atoms with van der Waals surface area (Å²) < 4.78 is 13.3. The van der Waals surface area contributed by atoms with E-state index in [0.717, 1.165) is 5.56 Å². The summed E-state index contributed by atoms with van der Waals surface area (Å²) in [6, 6.07) is 4.97. The van der Waals surface area contributed by atoms with Gasteiger partial charge >= 0.3 is 0 Å². The molecule has 4 heteroatoms. The van der Waals surface area contributed by atoms with E-state index in [2.05, 4.69) is 5.32 Å². The van der Waals surface area contributed by atoms with Crippen molar-refractivity contribution in [3.05, 3.63) is 35.1 Å². The second-order valence-electron chi connectivity index (χ2n) is 5.35. The van der Waals surface area contributed by atoms with Crippen molar-refractivity contribution in [2.75, 3.05) is 0 Å². The van der Waals surface area contributed by atoms with Gasteiger partial charge in [0.2, 0.25) is 5.91 Å². The molecule has 1 aromatic carbocycles. The van der Waals surface area contributed by atoms with Crippen LogP contribution in [0.1, 0.15) is 37.8 Å². The molecule has 0 aliphatic carbocycles. The zero-order valence-corrected chi connectivity index (χ0v) is 11.2. The van der Waals surface area contributed by atoms with Crippen LogP contribution < -0.4 is 11.1 Å². The van der Waals surface area contributed by atoms with Crippen LogP contribution in [0.15, 0.2) is 18.2 Å². The first kappa shape index (κ1) is 14.6. The Kier molecular flexibility index (Phi) is 4.84. The summed E-state index contributed by atoms with van der Waals surface area (Å²) in [6.07, 6.45) is 1.01. The van der Waals surface area contributed by atoms with Gasteiger partial charge in [0.15, 0.2) is 0 Å². The minimum absolute atomic E-state index is 0.0606. The molecule has 0 saturated heterocycles. The van der Waals surface area contributed by atoms with E-state index in [9.17, 15) is 9.18 Å². The summed E-state index contributed by atoms with van der Waals surface area (Å²) in [7, 11) is 0. The molecule has 0 heterocycles. The van der Waals surface area contributed by atoms with Crippen LogP contribution in [0.2, 0.25) is 0 Å². The second kappa shape index (κ2) is 5.96. The van der Waals surface area contributed by atoms with Crippen LogP contribution in [0.4, 0.5) is 4.39 Å². The van der Waals surface area contributed by atoms with Gasteiger partial charge in [-0.05, 0) is 44.4 Å². The van der Waals surface area contributed by atoms with Crippen molar-refractivity contribution in [2.45, 2.75) is 45.7 Å². The topological polar surface area (TPSA) is 55.1 Å². The molecule has 3 N–H and O–H groups in total. The molecule has 1 aromatic rings. The lowest BCUT2D eigenvalue weighted by Gasteiger charge is -2.17. The zero-order chi connectivity index (χ0) is 13.8. The third-order valence-corrected chi connectivity index (χ3v) is 2.72. The molecule has 0 spiro atoms. The lowest BCUT2D eigenvalue weighted by Crippen LogP contribution is -2.34. The van der Waals surface area contributed by atoms with E-state index in [1.807, 2.05) is 19.9 Å². The van der Waals surface area contributed by atoms with Gasteiger partial charge in [0.25, 0.3) is 0 Å². The second-order valence-corrected chi connectivity index (χ2v) is 5.35. The highest BCUT2D eigenvalue weighted by molar-refractivity contribution is 5.75. The lowest BCUT2D eigenvalue weighted by molar-refractivity contribution is -0.121. The standard InChI is InChI=1S/C14H21FN2O/c1-10-4-5-11(8-12(10)15)9-17-13(18)6-7-14(2,3)16/h4-5,8H,6-7,9,16H2,1-3H3,(H,17,18). The number of aryl methyl sites for hydroxylation is 1. The molecule has 0 unspecified atom stereocenters. The van der Waals surface area contributed by atoms with Crippen LogP contribution in [0.3, 0.4) is 0 Å². The van der Waals surface area contributed by atoms with Crippen molar-refractivity contribution < 1.29 is 9.18 Å². The molecule has 18 heavy (non-hydrogen) atoms. The molecule has 0 aliphatic heterocycles. The van der Waals surface area contributed by atoms with Gasteiger partial charge in [0, 0.05) is 18.5 Å². The molecule has 0 fully saturated rings. The first-order valence-electron chi connectivity index (χ1n) is 6.08. The Balaban J connectivity index is 2.40. The van der Waals surface area contributed by atoms with Gasteiger partial charge in [-0.25, -0.2) is 4.39 Å². The third-order valence-electron chi connectivity index (χ3n) is 2.72. The number of halogens is 1. The molecule has 0 aromatic heterocycles. The number of amides is 1. The molecule has 0 saturated carbocycles. The number of rotatable bonds is 5. The lowest BCUT2D eigenvalue weighted by atomic mass is 10.00. The predicted molar refractivity (Wildman–Crippen MR) is 70.5 cm³/mol. The molecule has 1 rings (SSSR count). The fraction of sp³-hybridized carbons (Fsp3) is 0.500. The van der Waals surface area contributed by atoms with Gasteiger partial charge < -0.3 is 11.1 Å². The largest absolute Gasteiger partial charge is 0.352 e. The van der Waals surface area contributed by atoms with Crippen molar-refractivity contribution >= 4 is 5.91 Å². The SMILES string of the molecule is Cc1ccc(CNC(=O)CCC(C)(C)N)cc1F. The quantitative estimate of drug-likeness (QED) is 0.844. The van der Waals surface area contributed by atoms with E-state index in [1.54, 1.807) is 13.0 Å². The maximum atomic E-state index is 13.3. The van der Waals surface area contributed by atoms with E-state index in [0.29, 0.717) is 24.9 Å². The van der Waals surface area contributed by atoms with Gasteiger partial charge in [0.1, 0.15) is 5.82 Å². The van der Waals surface area contributed by atoms with Crippen LogP contribution in [-0.2, 0) is 11.3 Å². The highest BCUT2D eigenvalue weighted by atomic mass is 19.1. The Labute approximate surface area is 108 Å². The number of hydrogen-bond donors (Lipinski definition) is 2. The molecule has 3 nitrogen and oxygen atoms in total. The van der Waals surface area contributed by atoms with E-state index in [-0.39, 0.29) is 17.3 Å². The maximum Gasteiger partial charge on any atom is 0.220 e. The molecule has 0 radical (unpaired) electrons. The summed E-state index contributed by atoms with van der Waals surface area (Å²) in [5.74, 6) is -0.306. The van der Waals surface area contributed by atoms with Crippen molar-refractivity contribution in [3.63, 3.8) is 0 Å². The number of benzene rings is 1. The van der Waals surface area contributed by atoms with Gasteiger partial charge in [-0.15, -0.1) is 0 Å². The molecule has 100 valence electrons. The highest BCUT2D eigenvalue weighted by Gasteiger charge is 2.13. The van der Waals surface area contributed by atoms with E-state index < -0.39 is 0 Å². The van der Waals surface area contributed by atoms with Crippen LogP contribution in [0.25, 0.3) is 0 Å². The Hall–Kier alpha value is -1.42. The average molecular weight is 252 g/mol. The predicted octanol–water partition coefficient (Wildman–Crippen LogP) is 2.27. The van der Waals surface area contributed by atoms with Gasteiger partial charge in [-0.2, -0.15) is 0 Å². The third kappa shape index (κ3) is 5.27. The van der Waals surface area contributed by atoms with Crippen molar-refractivity contribution in [1.29, 1.82) is 0 Å². The Morgan fingerprint density at radius 3 is 2.67 bits per heavy atom. The van der Waals surface area contributed by atoms with Crippen molar-refractivity contribution in [1.82, 2.24) is 5.32 Å². The maximum absolute atomic E-state index is 13.3. The molecule has 0 aliphatic rings. The van der Waals surface area contributed by atoms with Gasteiger partial charge in [-0.3, -0.25) is 4.79 Å². The zero-order valence-electron chi connectivity index (χ0n) is 11.2. The summed E-state index contributed by atoms with van der Waals surface area (Å²) in [5, 5.41) is 2.76. The number of carbonyl (C=O) groups is 1. The Bertz CT molecular complexity index is 424. The highest BCUT2D eigenvalue weighted by Crippen LogP contribution is 2.10. The van der Waals surface area contributed by atoms with E-state index >= 15 is 0 Å². The summed E-state index contributed by atoms with van der Waals surface area (Å²) in [4.78, 5) is 11.6. The van der Waals surface area contributed by atoms with Gasteiger partial charge in [0.05, 0.1) is 0 Å². The fourth-order valence-electron chi connectivity index (χ4n) is 1.47. The van der Waals surface area contributed by atoms with Gasteiger partial charge in [-0.1, -0.05) is 12.1 Å². The minimum Gasteiger partial charge on any atom is -0.352 e. The molecular formula is C14H21FN2O. The Morgan fingerprint density at radius 1 is 1.44 bits per heavy atom. The van der Waals surface area contributed by atoms with E-state index in [4.69, 9.17) is 5.73 Å².